The Bertz CT molecular complexity index is 516. The fraction of sp³-hybridized carbons (Fsp3) is 0.154. The molecule has 88 valence electrons. The molecule has 1 unspecified atom stereocenters. The van der Waals surface area contributed by atoms with Crippen molar-refractivity contribution in [2.24, 2.45) is 0 Å². The molecular formula is C13H13BrN2O. The first-order chi connectivity index (χ1) is 8.15. The molecule has 0 saturated heterocycles. The lowest BCUT2D eigenvalue weighted by Crippen LogP contribution is -2.02. The van der Waals surface area contributed by atoms with E-state index in [1.807, 2.05) is 30.3 Å². The number of nitrogens with two attached hydrogens (primary N) is 1. The van der Waals surface area contributed by atoms with Crippen LogP contribution in [0.25, 0.3) is 0 Å². The third-order valence-electron chi connectivity index (χ3n) is 2.51. The van der Waals surface area contributed by atoms with Gasteiger partial charge in [-0.05, 0) is 35.4 Å². The maximum atomic E-state index is 10.1. The number of pyridine rings is 1. The van der Waals surface area contributed by atoms with Crippen LogP contribution in [0.4, 0.5) is 5.82 Å². The molecule has 2 aromatic rings. The van der Waals surface area contributed by atoms with Gasteiger partial charge >= 0.3 is 0 Å². The lowest BCUT2D eigenvalue weighted by Gasteiger charge is -2.11. The normalized spacial score (nSPS) is 12.4. The van der Waals surface area contributed by atoms with Gasteiger partial charge in [-0.2, -0.15) is 0 Å². The molecule has 0 aliphatic carbocycles. The molecular weight excluding hydrogens is 280 g/mol. The fourth-order valence-electron chi connectivity index (χ4n) is 1.68. The third kappa shape index (κ3) is 3.28. The van der Waals surface area contributed by atoms with Crippen LogP contribution in [0.3, 0.4) is 0 Å². The number of benzene rings is 1. The second-order valence-corrected chi connectivity index (χ2v) is 4.78. The van der Waals surface area contributed by atoms with E-state index in [1.54, 1.807) is 12.3 Å². The van der Waals surface area contributed by atoms with Crippen LogP contribution >= 0.6 is 15.9 Å². The minimum Gasteiger partial charge on any atom is -0.388 e. The van der Waals surface area contributed by atoms with E-state index in [-0.39, 0.29) is 0 Å². The van der Waals surface area contributed by atoms with Crippen LogP contribution in [0.5, 0.6) is 0 Å². The number of aliphatic hydroxyl groups is 1. The molecule has 2 rings (SSSR count). The van der Waals surface area contributed by atoms with Crippen molar-refractivity contribution in [3.8, 4) is 0 Å². The Hall–Kier alpha value is -1.39. The lowest BCUT2D eigenvalue weighted by atomic mass is 10.0. The molecule has 1 aromatic carbocycles. The van der Waals surface area contributed by atoms with E-state index in [9.17, 15) is 5.11 Å². The number of hydrogen-bond acceptors (Lipinski definition) is 3. The van der Waals surface area contributed by atoms with Gasteiger partial charge in [-0.25, -0.2) is 4.98 Å². The van der Waals surface area contributed by atoms with E-state index >= 15 is 0 Å². The van der Waals surface area contributed by atoms with Crippen LogP contribution in [0.15, 0.2) is 47.1 Å². The van der Waals surface area contributed by atoms with Crippen molar-refractivity contribution in [3.05, 3.63) is 58.2 Å². The zero-order valence-corrected chi connectivity index (χ0v) is 10.8. The van der Waals surface area contributed by atoms with E-state index in [2.05, 4.69) is 20.9 Å². The van der Waals surface area contributed by atoms with E-state index < -0.39 is 6.10 Å². The summed E-state index contributed by atoms with van der Waals surface area (Å²) >= 11 is 3.39. The van der Waals surface area contributed by atoms with Gasteiger partial charge < -0.3 is 10.8 Å². The SMILES string of the molecule is Nc1cc(CC(O)c2cccc(Br)c2)ccn1. The summed E-state index contributed by atoms with van der Waals surface area (Å²) in [5.74, 6) is 0.476. The summed E-state index contributed by atoms with van der Waals surface area (Å²) in [7, 11) is 0. The lowest BCUT2D eigenvalue weighted by molar-refractivity contribution is 0.178. The highest BCUT2D eigenvalue weighted by Gasteiger charge is 2.09. The smallest absolute Gasteiger partial charge is 0.123 e. The van der Waals surface area contributed by atoms with Gasteiger partial charge in [0.2, 0.25) is 0 Å². The molecule has 1 heterocycles. The van der Waals surface area contributed by atoms with Crippen LogP contribution in [-0.4, -0.2) is 10.1 Å². The highest BCUT2D eigenvalue weighted by atomic mass is 79.9. The Labute approximate surface area is 108 Å². The van der Waals surface area contributed by atoms with Gasteiger partial charge in [0.1, 0.15) is 5.82 Å². The number of halogens is 1. The maximum Gasteiger partial charge on any atom is 0.123 e. The average molecular weight is 293 g/mol. The van der Waals surface area contributed by atoms with Gasteiger partial charge in [0.25, 0.3) is 0 Å². The van der Waals surface area contributed by atoms with Gasteiger partial charge in [-0.3, -0.25) is 0 Å². The Balaban J connectivity index is 2.14. The quantitative estimate of drug-likeness (QED) is 0.914. The predicted octanol–water partition coefficient (Wildman–Crippen LogP) is 2.70. The summed E-state index contributed by atoms with van der Waals surface area (Å²) in [6, 6.07) is 11.3. The van der Waals surface area contributed by atoms with Crippen molar-refractivity contribution in [3.63, 3.8) is 0 Å². The molecule has 0 radical (unpaired) electrons. The largest absolute Gasteiger partial charge is 0.388 e. The summed E-state index contributed by atoms with van der Waals surface area (Å²) in [6.07, 6.45) is 1.65. The maximum absolute atomic E-state index is 10.1. The summed E-state index contributed by atoms with van der Waals surface area (Å²) in [5.41, 5.74) is 7.46. The average Bonchev–Trinajstić information content (AvgIpc) is 2.29. The van der Waals surface area contributed by atoms with Gasteiger partial charge in [-0.15, -0.1) is 0 Å². The first kappa shape index (κ1) is 12.1. The van der Waals surface area contributed by atoms with Crippen LogP contribution in [-0.2, 0) is 6.42 Å². The first-order valence-corrected chi connectivity index (χ1v) is 6.08. The molecule has 17 heavy (non-hydrogen) atoms. The molecule has 1 aromatic heterocycles. The van der Waals surface area contributed by atoms with Crippen molar-refractivity contribution in [1.29, 1.82) is 0 Å². The third-order valence-corrected chi connectivity index (χ3v) is 3.00. The topological polar surface area (TPSA) is 59.1 Å². The molecule has 0 aliphatic rings. The van der Waals surface area contributed by atoms with Gasteiger partial charge in [0.05, 0.1) is 6.10 Å². The molecule has 0 spiro atoms. The van der Waals surface area contributed by atoms with E-state index in [1.165, 1.54) is 0 Å². The molecule has 3 N–H and O–H groups in total. The second kappa shape index (κ2) is 5.29. The standard InChI is InChI=1S/C13H13BrN2O/c14-11-3-1-2-10(8-11)12(17)6-9-4-5-16-13(15)7-9/h1-5,7-8,12,17H,6H2,(H2,15,16). The van der Waals surface area contributed by atoms with Gasteiger partial charge in [-0.1, -0.05) is 28.1 Å². The molecule has 1 atom stereocenters. The van der Waals surface area contributed by atoms with Crippen LogP contribution < -0.4 is 5.73 Å². The number of hydrogen-bond donors (Lipinski definition) is 2. The van der Waals surface area contributed by atoms with E-state index in [0.29, 0.717) is 12.2 Å². The number of aliphatic hydroxyl groups excluding tert-OH is 1. The van der Waals surface area contributed by atoms with Crippen LogP contribution in [0, 0.1) is 0 Å². The summed E-state index contributed by atoms with van der Waals surface area (Å²) in [4.78, 5) is 3.92. The van der Waals surface area contributed by atoms with Gasteiger partial charge in [0, 0.05) is 17.1 Å². The van der Waals surface area contributed by atoms with Crippen LogP contribution in [0.1, 0.15) is 17.2 Å². The molecule has 0 saturated carbocycles. The minimum absolute atomic E-state index is 0.476. The van der Waals surface area contributed by atoms with Crippen molar-refractivity contribution >= 4 is 21.7 Å². The molecule has 0 fully saturated rings. The Morgan fingerprint density at radius 1 is 1.29 bits per heavy atom. The minimum atomic E-state index is -0.533. The van der Waals surface area contributed by atoms with Crippen molar-refractivity contribution in [1.82, 2.24) is 4.98 Å². The van der Waals surface area contributed by atoms with Crippen LogP contribution in [0.2, 0.25) is 0 Å². The highest BCUT2D eigenvalue weighted by molar-refractivity contribution is 9.10. The zero-order valence-electron chi connectivity index (χ0n) is 9.18. The number of anilines is 1. The highest BCUT2D eigenvalue weighted by Crippen LogP contribution is 2.21. The van der Waals surface area contributed by atoms with Crippen molar-refractivity contribution in [2.75, 3.05) is 5.73 Å². The summed E-state index contributed by atoms with van der Waals surface area (Å²) < 4.78 is 0.961. The fourth-order valence-corrected chi connectivity index (χ4v) is 2.09. The molecule has 3 nitrogen and oxygen atoms in total. The second-order valence-electron chi connectivity index (χ2n) is 3.86. The Kier molecular flexibility index (Phi) is 3.76. The zero-order chi connectivity index (χ0) is 12.3. The van der Waals surface area contributed by atoms with E-state index in [0.717, 1.165) is 15.6 Å². The van der Waals surface area contributed by atoms with Crippen molar-refractivity contribution in [2.45, 2.75) is 12.5 Å². The predicted molar refractivity (Wildman–Crippen MR) is 71.5 cm³/mol. The van der Waals surface area contributed by atoms with E-state index in [4.69, 9.17) is 5.73 Å². The number of nitrogen functional groups attached to an aromatic ring is 1. The molecule has 4 heteroatoms. The van der Waals surface area contributed by atoms with Gasteiger partial charge in [0.15, 0.2) is 0 Å². The summed E-state index contributed by atoms with van der Waals surface area (Å²) in [5, 5.41) is 10.1. The number of aromatic nitrogens is 1. The Morgan fingerprint density at radius 2 is 2.12 bits per heavy atom. The number of nitrogens with zero attached hydrogens (tertiary/aromatic N) is 1. The molecule has 0 bridgehead atoms. The summed E-state index contributed by atoms with van der Waals surface area (Å²) in [6.45, 7) is 0. The monoisotopic (exact) mass is 292 g/mol. The molecule has 0 amide bonds. The Morgan fingerprint density at radius 3 is 2.82 bits per heavy atom. The number of rotatable bonds is 3. The first-order valence-electron chi connectivity index (χ1n) is 5.29. The molecule has 0 aliphatic heterocycles. The van der Waals surface area contributed by atoms with Crippen molar-refractivity contribution < 1.29 is 5.11 Å².